The lowest BCUT2D eigenvalue weighted by molar-refractivity contribution is -0.0544. The average Bonchev–Trinajstić information content (AvgIpc) is 2.82. The molecule has 0 amide bonds. The summed E-state index contributed by atoms with van der Waals surface area (Å²) >= 11 is 0. The van der Waals surface area contributed by atoms with E-state index in [1.54, 1.807) is 6.42 Å². The molecule has 4 aliphatic carbocycles. The topological polar surface area (TPSA) is 0 Å². The van der Waals surface area contributed by atoms with E-state index in [1.807, 2.05) is 5.57 Å². The fourth-order valence-electron chi connectivity index (χ4n) is 7.07. The van der Waals surface area contributed by atoms with Crippen molar-refractivity contribution < 1.29 is 0 Å². The molecule has 0 radical (unpaired) electrons. The van der Waals surface area contributed by atoms with E-state index in [-0.39, 0.29) is 0 Å². The van der Waals surface area contributed by atoms with Gasteiger partial charge in [0.05, 0.1) is 0 Å². The number of hydrogen-bond acceptors (Lipinski definition) is 0. The number of rotatable bonds is 0. The molecule has 0 unspecified atom stereocenters. The van der Waals surface area contributed by atoms with Crippen LogP contribution in [0, 0.1) is 34.5 Å². The lowest BCUT2D eigenvalue weighted by Gasteiger charge is -2.59. The molecule has 0 heteroatoms. The van der Waals surface area contributed by atoms with Crippen molar-refractivity contribution >= 4 is 0 Å². The van der Waals surface area contributed by atoms with E-state index in [0.29, 0.717) is 5.41 Å². The molecule has 0 spiro atoms. The van der Waals surface area contributed by atoms with E-state index < -0.39 is 0 Å². The Bertz CT molecular complexity index is 433. The molecule has 0 aromatic rings. The molecule has 0 N–H and O–H groups in total. The maximum absolute atomic E-state index is 2.65. The molecule has 0 aliphatic heterocycles. The van der Waals surface area contributed by atoms with E-state index >= 15 is 0 Å². The Morgan fingerprint density at radius 2 is 1.85 bits per heavy atom. The molecule has 0 nitrogen and oxygen atoms in total. The molecule has 0 bridgehead atoms. The molecule has 3 fully saturated rings. The predicted molar refractivity (Wildman–Crippen MR) is 85.5 cm³/mol. The monoisotopic (exact) mass is 272 g/mol. The molecule has 112 valence electrons. The van der Waals surface area contributed by atoms with Crippen LogP contribution in [0.5, 0.6) is 0 Å². The van der Waals surface area contributed by atoms with Crippen molar-refractivity contribution in [2.45, 2.75) is 78.6 Å². The maximum Gasteiger partial charge on any atom is -0.00597 e. The Morgan fingerprint density at radius 3 is 2.70 bits per heavy atom. The van der Waals surface area contributed by atoms with Crippen molar-refractivity contribution in [2.75, 3.05) is 0 Å². The molecule has 6 atom stereocenters. The van der Waals surface area contributed by atoms with Crippen LogP contribution in [0.4, 0.5) is 0 Å². The minimum Gasteiger partial charge on any atom is -0.0847 e. The number of fused-ring (bicyclic) bond motifs is 5. The Morgan fingerprint density at radius 1 is 1.00 bits per heavy atom. The minimum atomic E-state index is 0.561. The summed E-state index contributed by atoms with van der Waals surface area (Å²) in [5.41, 5.74) is 3.14. The van der Waals surface area contributed by atoms with Crippen molar-refractivity contribution in [3.63, 3.8) is 0 Å². The zero-order valence-electron chi connectivity index (χ0n) is 13.8. The van der Waals surface area contributed by atoms with Gasteiger partial charge in [0.1, 0.15) is 0 Å². The highest BCUT2D eigenvalue weighted by atomic mass is 14.6. The normalized spacial score (nSPS) is 54.6. The van der Waals surface area contributed by atoms with Gasteiger partial charge in [0.15, 0.2) is 0 Å². The van der Waals surface area contributed by atoms with Crippen LogP contribution in [-0.4, -0.2) is 0 Å². The molecule has 0 aromatic heterocycles. The standard InChI is InChI=1S/C20H32/c1-14-6-4-7-15-9-10-16-17-8-5-12-19(17,2)13-11-18(16)20(14,15)3/h7,14,16-18H,4-6,8-13H2,1-3H3/t14-,16-,17-,18-,19-,20-/m0/s1. The second-order valence-electron chi connectivity index (χ2n) is 8.99. The minimum absolute atomic E-state index is 0.561. The molecule has 0 saturated heterocycles. The van der Waals surface area contributed by atoms with E-state index in [1.165, 1.54) is 51.4 Å². The van der Waals surface area contributed by atoms with E-state index in [4.69, 9.17) is 0 Å². The van der Waals surface area contributed by atoms with Crippen molar-refractivity contribution in [3.05, 3.63) is 11.6 Å². The lowest BCUT2D eigenvalue weighted by atomic mass is 9.45. The number of allylic oxidation sites excluding steroid dienone is 2. The maximum atomic E-state index is 2.65. The van der Waals surface area contributed by atoms with Gasteiger partial charge in [-0.15, -0.1) is 0 Å². The van der Waals surface area contributed by atoms with Gasteiger partial charge in [-0.05, 0) is 85.9 Å². The molecular weight excluding hydrogens is 240 g/mol. The second kappa shape index (κ2) is 4.37. The molecule has 0 heterocycles. The quantitative estimate of drug-likeness (QED) is 0.476. The smallest absolute Gasteiger partial charge is 0.00597 e. The summed E-state index contributed by atoms with van der Waals surface area (Å²) in [7, 11) is 0. The highest BCUT2D eigenvalue weighted by Crippen LogP contribution is 2.66. The van der Waals surface area contributed by atoms with Gasteiger partial charge in [-0.25, -0.2) is 0 Å². The van der Waals surface area contributed by atoms with Crippen LogP contribution in [0.3, 0.4) is 0 Å². The summed E-state index contributed by atoms with van der Waals surface area (Å²) in [5, 5.41) is 0. The fourth-order valence-corrected chi connectivity index (χ4v) is 7.07. The molecule has 0 aromatic carbocycles. The van der Waals surface area contributed by atoms with Crippen LogP contribution in [-0.2, 0) is 0 Å². The van der Waals surface area contributed by atoms with Crippen molar-refractivity contribution in [3.8, 4) is 0 Å². The van der Waals surface area contributed by atoms with E-state index in [0.717, 1.165) is 29.1 Å². The van der Waals surface area contributed by atoms with Crippen molar-refractivity contribution in [1.29, 1.82) is 0 Å². The van der Waals surface area contributed by atoms with Crippen molar-refractivity contribution in [1.82, 2.24) is 0 Å². The molecule has 3 saturated carbocycles. The molecule has 4 aliphatic rings. The van der Waals surface area contributed by atoms with Gasteiger partial charge in [-0.1, -0.05) is 38.8 Å². The zero-order valence-corrected chi connectivity index (χ0v) is 13.8. The Hall–Kier alpha value is -0.260. The second-order valence-corrected chi connectivity index (χ2v) is 8.99. The largest absolute Gasteiger partial charge is 0.0847 e. The first-order valence-electron chi connectivity index (χ1n) is 9.25. The highest BCUT2D eigenvalue weighted by Gasteiger charge is 2.57. The number of hydrogen-bond donors (Lipinski definition) is 0. The van der Waals surface area contributed by atoms with Crippen LogP contribution >= 0.6 is 0 Å². The summed E-state index contributed by atoms with van der Waals surface area (Å²) in [4.78, 5) is 0. The third kappa shape index (κ3) is 1.60. The van der Waals surface area contributed by atoms with Gasteiger partial charge in [0.2, 0.25) is 0 Å². The van der Waals surface area contributed by atoms with Gasteiger partial charge in [-0.2, -0.15) is 0 Å². The summed E-state index contributed by atoms with van der Waals surface area (Å²) in [6.45, 7) is 7.83. The fraction of sp³-hybridized carbons (Fsp3) is 0.900. The summed E-state index contributed by atoms with van der Waals surface area (Å²) in [6, 6.07) is 0. The van der Waals surface area contributed by atoms with E-state index in [2.05, 4.69) is 26.8 Å². The highest BCUT2D eigenvalue weighted by molar-refractivity contribution is 5.24. The average molecular weight is 272 g/mol. The van der Waals surface area contributed by atoms with Gasteiger partial charge >= 0.3 is 0 Å². The van der Waals surface area contributed by atoms with Crippen LogP contribution in [0.15, 0.2) is 11.6 Å². The molecule has 20 heavy (non-hydrogen) atoms. The Kier molecular flexibility index (Phi) is 2.93. The van der Waals surface area contributed by atoms with Gasteiger partial charge in [-0.3, -0.25) is 0 Å². The van der Waals surface area contributed by atoms with Crippen LogP contribution in [0.1, 0.15) is 78.6 Å². The van der Waals surface area contributed by atoms with Gasteiger partial charge in [0.25, 0.3) is 0 Å². The molecular formula is C20H32. The lowest BCUT2D eigenvalue weighted by Crippen LogP contribution is -2.51. The summed E-state index contributed by atoms with van der Waals surface area (Å²) < 4.78 is 0. The predicted octanol–water partition coefficient (Wildman–Crippen LogP) is 5.98. The first-order valence-corrected chi connectivity index (χ1v) is 9.25. The first kappa shape index (κ1) is 13.4. The van der Waals surface area contributed by atoms with Crippen LogP contribution < -0.4 is 0 Å². The SMILES string of the molecule is C[C@H]1CCC=C2CC[C@H]3[C@@H]4CCC[C@@]4(C)CC[C@@H]3[C@]21C. The Labute approximate surface area is 125 Å². The van der Waals surface area contributed by atoms with E-state index in [9.17, 15) is 0 Å². The zero-order chi connectivity index (χ0) is 14.0. The van der Waals surface area contributed by atoms with Crippen LogP contribution in [0.2, 0.25) is 0 Å². The Balaban J connectivity index is 1.71. The summed E-state index contributed by atoms with van der Waals surface area (Å²) in [5.74, 6) is 4.04. The van der Waals surface area contributed by atoms with Crippen molar-refractivity contribution in [2.24, 2.45) is 34.5 Å². The first-order chi connectivity index (χ1) is 9.56. The van der Waals surface area contributed by atoms with Gasteiger partial charge in [0, 0.05) is 0 Å². The van der Waals surface area contributed by atoms with Gasteiger partial charge < -0.3 is 0 Å². The third-order valence-electron chi connectivity index (χ3n) is 8.44. The summed E-state index contributed by atoms with van der Waals surface area (Å²) in [6.07, 6.45) is 16.0. The van der Waals surface area contributed by atoms with Crippen LogP contribution in [0.25, 0.3) is 0 Å². The molecule has 4 rings (SSSR count). The third-order valence-corrected chi connectivity index (χ3v) is 8.44.